The Labute approximate surface area is 128 Å². The van der Waals surface area contributed by atoms with Crippen LogP contribution < -0.4 is 5.32 Å². The molecule has 19 heavy (non-hydrogen) atoms. The van der Waals surface area contributed by atoms with Crippen LogP contribution in [0.4, 0.5) is 0 Å². The molecule has 1 aromatic heterocycles. The smallest absolute Gasteiger partial charge is 0.0561 e. The third-order valence-corrected chi connectivity index (χ3v) is 4.87. The summed E-state index contributed by atoms with van der Waals surface area (Å²) in [5.41, 5.74) is 2.34. The van der Waals surface area contributed by atoms with Crippen molar-refractivity contribution in [2.24, 2.45) is 0 Å². The molecule has 0 spiro atoms. The molecule has 1 N–H and O–H groups in total. The van der Waals surface area contributed by atoms with Gasteiger partial charge in [-0.3, -0.25) is 0 Å². The molecule has 0 radical (unpaired) electrons. The van der Waals surface area contributed by atoms with Gasteiger partial charge in [0.25, 0.3) is 0 Å². The first-order chi connectivity index (χ1) is 9.11. The van der Waals surface area contributed by atoms with Gasteiger partial charge in [0, 0.05) is 15.9 Å². The maximum Gasteiger partial charge on any atom is 0.0561 e. The molecule has 0 aliphatic rings. The molecule has 0 aliphatic carbocycles. The first-order valence-electron chi connectivity index (χ1n) is 6.33. The van der Waals surface area contributed by atoms with Crippen LogP contribution in [-0.2, 0) is 6.42 Å². The van der Waals surface area contributed by atoms with Gasteiger partial charge in [0.15, 0.2) is 0 Å². The van der Waals surface area contributed by atoms with Crippen LogP contribution in [0, 0.1) is 6.92 Å². The van der Waals surface area contributed by atoms with Gasteiger partial charge in [-0.05, 0) is 48.5 Å². The predicted octanol–water partition coefficient (Wildman–Crippen LogP) is 5.26. The zero-order chi connectivity index (χ0) is 13.8. The number of likely N-dealkylation sites (N-methyl/N-ethyl adjacent to an activating group) is 1. The van der Waals surface area contributed by atoms with Crippen LogP contribution in [0.3, 0.4) is 0 Å². The third-order valence-electron chi connectivity index (χ3n) is 3.04. The van der Waals surface area contributed by atoms with E-state index in [1.165, 1.54) is 10.4 Å². The highest BCUT2D eigenvalue weighted by Crippen LogP contribution is 2.32. The van der Waals surface area contributed by atoms with Crippen molar-refractivity contribution >= 4 is 34.5 Å². The molecule has 4 heteroatoms. The van der Waals surface area contributed by atoms with Gasteiger partial charge in [0.1, 0.15) is 0 Å². The van der Waals surface area contributed by atoms with E-state index in [9.17, 15) is 0 Å². The summed E-state index contributed by atoms with van der Waals surface area (Å²) in [6.07, 6.45) is 0.854. The lowest BCUT2D eigenvalue weighted by molar-refractivity contribution is 0.558. The lowest BCUT2D eigenvalue weighted by Gasteiger charge is -2.18. The molecule has 1 unspecified atom stereocenters. The highest BCUT2D eigenvalue weighted by Gasteiger charge is 2.17. The standard InChI is InChI=1S/C15H17Cl2NS/c1-3-18-14(15-12(16)6-7-19-15)9-11-5-4-10(2)8-13(11)17/h4-8,14,18H,3,9H2,1-2H3. The van der Waals surface area contributed by atoms with Gasteiger partial charge < -0.3 is 5.32 Å². The van der Waals surface area contributed by atoms with Gasteiger partial charge >= 0.3 is 0 Å². The van der Waals surface area contributed by atoms with Gasteiger partial charge in [-0.25, -0.2) is 0 Å². The second kappa shape index (κ2) is 6.76. The first kappa shape index (κ1) is 14.9. The molecular weight excluding hydrogens is 297 g/mol. The number of rotatable bonds is 5. The van der Waals surface area contributed by atoms with Crippen molar-refractivity contribution < 1.29 is 0 Å². The van der Waals surface area contributed by atoms with Crippen LogP contribution in [0.25, 0.3) is 0 Å². The minimum atomic E-state index is 0.220. The van der Waals surface area contributed by atoms with E-state index in [0.717, 1.165) is 28.6 Å². The number of hydrogen-bond acceptors (Lipinski definition) is 2. The first-order valence-corrected chi connectivity index (χ1v) is 7.96. The van der Waals surface area contributed by atoms with Crippen molar-refractivity contribution in [3.05, 3.63) is 55.7 Å². The highest BCUT2D eigenvalue weighted by atomic mass is 35.5. The molecule has 2 rings (SSSR count). The summed E-state index contributed by atoms with van der Waals surface area (Å²) in [6.45, 7) is 5.06. The maximum atomic E-state index is 6.32. The number of nitrogens with one attached hydrogen (secondary N) is 1. The molecule has 0 saturated heterocycles. The number of benzene rings is 1. The zero-order valence-electron chi connectivity index (χ0n) is 11.0. The van der Waals surface area contributed by atoms with Gasteiger partial charge in [-0.2, -0.15) is 0 Å². The number of halogens is 2. The van der Waals surface area contributed by atoms with E-state index in [1.54, 1.807) is 11.3 Å². The summed E-state index contributed by atoms with van der Waals surface area (Å²) in [5.74, 6) is 0. The lowest BCUT2D eigenvalue weighted by Crippen LogP contribution is -2.22. The molecule has 0 bridgehead atoms. The fourth-order valence-corrected chi connectivity index (χ4v) is 3.67. The fourth-order valence-electron chi connectivity index (χ4n) is 2.10. The Hall–Kier alpha value is -0.540. The molecule has 2 aromatic rings. The minimum absolute atomic E-state index is 0.220. The monoisotopic (exact) mass is 313 g/mol. The van der Waals surface area contributed by atoms with E-state index < -0.39 is 0 Å². The maximum absolute atomic E-state index is 6.32. The fraction of sp³-hybridized carbons (Fsp3) is 0.333. The molecule has 1 nitrogen and oxygen atoms in total. The molecule has 1 aromatic carbocycles. The van der Waals surface area contributed by atoms with E-state index >= 15 is 0 Å². The number of thiophene rings is 1. The van der Waals surface area contributed by atoms with Crippen molar-refractivity contribution in [2.45, 2.75) is 26.3 Å². The van der Waals surface area contributed by atoms with Crippen molar-refractivity contribution in [1.29, 1.82) is 0 Å². The van der Waals surface area contributed by atoms with Crippen LogP contribution in [0.5, 0.6) is 0 Å². The summed E-state index contributed by atoms with van der Waals surface area (Å²) in [4.78, 5) is 1.18. The summed E-state index contributed by atoms with van der Waals surface area (Å²) in [6, 6.07) is 8.38. The van der Waals surface area contributed by atoms with E-state index in [0.29, 0.717) is 0 Å². The molecule has 0 saturated carbocycles. The van der Waals surface area contributed by atoms with Gasteiger partial charge in [-0.1, -0.05) is 42.3 Å². The quantitative estimate of drug-likeness (QED) is 0.794. The van der Waals surface area contributed by atoms with Crippen molar-refractivity contribution in [3.63, 3.8) is 0 Å². The van der Waals surface area contributed by atoms with Crippen LogP contribution in [0.15, 0.2) is 29.6 Å². The summed E-state index contributed by atoms with van der Waals surface area (Å²) in [5, 5.41) is 7.17. The number of hydrogen-bond donors (Lipinski definition) is 1. The van der Waals surface area contributed by atoms with Gasteiger partial charge in [-0.15, -0.1) is 11.3 Å². The molecule has 0 fully saturated rings. The molecule has 1 heterocycles. The number of aryl methyl sites for hydroxylation is 1. The van der Waals surface area contributed by atoms with Gasteiger partial charge in [0.2, 0.25) is 0 Å². The van der Waals surface area contributed by atoms with Crippen LogP contribution in [0.2, 0.25) is 10.0 Å². The predicted molar refractivity (Wildman–Crippen MR) is 85.6 cm³/mol. The molecule has 0 aliphatic heterocycles. The Morgan fingerprint density at radius 1 is 1.21 bits per heavy atom. The Morgan fingerprint density at radius 3 is 2.58 bits per heavy atom. The Kier molecular flexibility index (Phi) is 5.28. The Morgan fingerprint density at radius 2 is 2.00 bits per heavy atom. The molecule has 1 atom stereocenters. The molecular formula is C15H17Cl2NS. The average molecular weight is 314 g/mol. The van der Waals surface area contributed by atoms with Crippen LogP contribution in [0.1, 0.15) is 29.0 Å². The topological polar surface area (TPSA) is 12.0 Å². The van der Waals surface area contributed by atoms with E-state index in [-0.39, 0.29) is 6.04 Å². The summed E-state index contributed by atoms with van der Waals surface area (Å²) < 4.78 is 0. The second-order valence-electron chi connectivity index (χ2n) is 4.54. The molecule has 102 valence electrons. The van der Waals surface area contributed by atoms with Crippen molar-refractivity contribution in [1.82, 2.24) is 5.32 Å². The minimum Gasteiger partial charge on any atom is -0.309 e. The molecule has 0 amide bonds. The lowest BCUT2D eigenvalue weighted by atomic mass is 10.0. The van der Waals surface area contributed by atoms with Crippen LogP contribution >= 0.6 is 34.5 Å². The second-order valence-corrected chi connectivity index (χ2v) is 6.30. The largest absolute Gasteiger partial charge is 0.309 e. The highest BCUT2D eigenvalue weighted by molar-refractivity contribution is 7.10. The van der Waals surface area contributed by atoms with Crippen LogP contribution in [-0.4, -0.2) is 6.54 Å². The summed E-state index contributed by atoms with van der Waals surface area (Å²) in [7, 11) is 0. The zero-order valence-corrected chi connectivity index (χ0v) is 13.4. The van der Waals surface area contributed by atoms with E-state index in [2.05, 4.69) is 24.4 Å². The normalized spacial score (nSPS) is 12.6. The Bertz CT molecular complexity index is 551. The van der Waals surface area contributed by atoms with Crippen molar-refractivity contribution in [2.75, 3.05) is 6.54 Å². The van der Waals surface area contributed by atoms with Gasteiger partial charge in [0.05, 0.1) is 5.02 Å². The van der Waals surface area contributed by atoms with E-state index in [1.807, 2.05) is 24.4 Å². The van der Waals surface area contributed by atoms with Crippen molar-refractivity contribution in [3.8, 4) is 0 Å². The summed E-state index contributed by atoms with van der Waals surface area (Å²) >= 11 is 14.2. The Balaban J connectivity index is 2.24. The SMILES string of the molecule is CCNC(Cc1ccc(C)cc1Cl)c1sccc1Cl. The third kappa shape index (κ3) is 3.73. The average Bonchev–Trinajstić information content (AvgIpc) is 2.78. The van der Waals surface area contributed by atoms with E-state index in [4.69, 9.17) is 23.2 Å².